The molecule has 0 unspecified atom stereocenters. The second kappa shape index (κ2) is 7.35. The third kappa shape index (κ3) is 3.94. The van der Waals surface area contributed by atoms with Gasteiger partial charge in [-0.2, -0.15) is 9.40 Å². The van der Waals surface area contributed by atoms with Crippen molar-refractivity contribution in [1.29, 1.82) is 0 Å². The van der Waals surface area contributed by atoms with Crippen molar-refractivity contribution in [2.75, 3.05) is 44.2 Å². The molecule has 4 rings (SSSR count). The number of carbonyl (C=O) groups excluding carboxylic acids is 1. The molecule has 1 aromatic heterocycles. The molecule has 3 heterocycles. The second-order valence-corrected chi connectivity index (χ2v) is 9.98. The first kappa shape index (κ1) is 18.6. The molecule has 1 aliphatic carbocycles. The maximum atomic E-state index is 12.9. The van der Waals surface area contributed by atoms with Crippen LogP contribution in [-0.2, 0) is 14.8 Å². The number of carbonyl (C=O) groups is 1. The first-order valence-electron chi connectivity index (χ1n) is 9.78. The summed E-state index contributed by atoms with van der Waals surface area (Å²) < 4.78 is 26.2. The van der Waals surface area contributed by atoms with Crippen LogP contribution in [0.15, 0.2) is 12.1 Å². The highest BCUT2D eigenvalue weighted by Crippen LogP contribution is 2.31. The minimum absolute atomic E-state index is 0.0197. The third-order valence-corrected chi connectivity index (χ3v) is 8.21. The molecule has 1 amide bonds. The summed E-state index contributed by atoms with van der Waals surface area (Å²) in [5.41, 5.74) is 0.895. The van der Waals surface area contributed by atoms with Crippen LogP contribution in [-0.4, -0.2) is 78.2 Å². The Bertz CT molecular complexity index is 778. The van der Waals surface area contributed by atoms with Gasteiger partial charge in [-0.3, -0.25) is 4.79 Å². The molecule has 1 saturated carbocycles. The van der Waals surface area contributed by atoms with Crippen LogP contribution in [0.1, 0.15) is 31.4 Å². The maximum absolute atomic E-state index is 12.9. The number of nitrogens with zero attached hydrogens (tertiary/aromatic N) is 5. The molecular formula is C18H27N5O3S. The zero-order valence-electron chi connectivity index (χ0n) is 15.7. The van der Waals surface area contributed by atoms with Crippen molar-refractivity contribution >= 4 is 21.7 Å². The van der Waals surface area contributed by atoms with Crippen molar-refractivity contribution in [1.82, 2.24) is 19.4 Å². The summed E-state index contributed by atoms with van der Waals surface area (Å²) >= 11 is 0. The highest BCUT2D eigenvalue weighted by molar-refractivity contribution is 7.90. The van der Waals surface area contributed by atoms with Gasteiger partial charge in [0.25, 0.3) is 0 Å². The summed E-state index contributed by atoms with van der Waals surface area (Å²) in [7, 11) is -3.13. The maximum Gasteiger partial charge on any atom is 0.225 e. The Hall–Kier alpha value is -1.74. The van der Waals surface area contributed by atoms with E-state index in [0.29, 0.717) is 26.2 Å². The van der Waals surface area contributed by atoms with E-state index >= 15 is 0 Å². The molecule has 0 N–H and O–H groups in total. The molecular weight excluding hydrogens is 366 g/mol. The smallest absolute Gasteiger partial charge is 0.225 e. The van der Waals surface area contributed by atoms with E-state index in [1.807, 2.05) is 24.0 Å². The average Bonchev–Trinajstić information content (AvgIpc) is 3.54. The quantitative estimate of drug-likeness (QED) is 0.746. The summed E-state index contributed by atoms with van der Waals surface area (Å²) in [6, 6.07) is 3.93. The van der Waals surface area contributed by atoms with Gasteiger partial charge in [0.1, 0.15) is 0 Å². The number of aromatic nitrogens is 2. The fourth-order valence-electron chi connectivity index (χ4n) is 3.91. The molecule has 3 fully saturated rings. The molecule has 0 atom stereocenters. The van der Waals surface area contributed by atoms with Gasteiger partial charge >= 0.3 is 0 Å². The highest BCUT2D eigenvalue weighted by Gasteiger charge is 2.41. The van der Waals surface area contributed by atoms with Crippen molar-refractivity contribution in [2.24, 2.45) is 5.92 Å². The Balaban J connectivity index is 1.28. The number of anilines is 1. The largest absolute Gasteiger partial charge is 0.355 e. The topological polar surface area (TPSA) is 86.7 Å². The molecule has 0 radical (unpaired) electrons. The summed E-state index contributed by atoms with van der Waals surface area (Å²) in [5.74, 6) is 1.06. The van der Waals surface area contributed by atoms with E-state index in [2.05, 4.69) is 15.1 Å². The molecule has 0 aromatic carbocycles. The van der Waals surface area contributed by atoms with Gasteiger partial charge in [-0.15, -0.1) is 5.10 Å². The molecule has 8 nitrogen and oxygen atoms in total. The lowest BCUT2D eigenvalue weighted by Gasteiger charge is -2.38. The van der Waals surface area contributed by atoms with Crippen LogP contribution in [0, 0.1) is 12.8 Å². The van der Waals surface area contributed by atoms with E-state index in [4.69, 9.17) is 0 Å². The first-order chi connectivity index (χ1) is 12.9. The molecule has 9 heteroatoms. The van der Waals surface area contributed by atoms with Crippen molar-refractivity contribution in [2.45, 2.75) is 37.9 Å². The van der Waals surface area contributed by atoms with E-state index in [-0.39, 0.29) is 17.1 Å². The summed E-state index contributed by atoms with van der Waals surface area (Å²) in [5, 5.41) is 8.16. The van der Waals surface area contributed by atoms with Gasteiger partial charge < -0.3 is 9.80 Å². The average molecular weight is 394 g/mol. The van der Waals surface area contributed by atoms with Crippen LogP contribution in [0.5, 0.6) is 0 Å². The van der Waals surface area contributed by atoms with Crippen molar-refractivity contribution < 1.29 is 13.2 Å². The summed E-state index contributed by atoms with van der Waals surface area (Å²) in [6.07, 6.45) is 3.17. The number of sulfonamides is 1. The zero-order valence-corrected chi connectivity index (χ0v) is 16.6. The number of hydrogen-bond acceptors (Lipinski definition) is 6. The standard InChI is InChI=1S/C18H27N5O3S/c1-14-2-5-17(20-19-14)21-8-6-15(7-9-21)18(24)22-10-12-23(13-11-22)27(25,26)16-3-4-16/h2,5,15-16H,3-4,6-13H2,1H3. The van der Waals surface area contributed by atoms with Gasteiger partial charge in [-0.25, -0.2) is 8.42 Å². The van der Waals surface area contributed by atoms with Gasteiger partial charge in [0.2, 0.25) is 15.9 Å². The molecule has 2 aliphatic heterocycles. The van der Waals surface area contributed by atoms with Crippen molar-refractivity contribution in [3.05, 3.63) is 17.8 Å². The second-order valence-electron chi connectivity index (χ2n) is 7.76. The Morgan fingerprint density at radius 2 is 1.63 bits per heavy atom. The molecule has 3 aliphatic rings. The van der Waals surface area contributed by atoms with E-state index in [1.54, 1.807) is 4.31 Å². The molecule has 27 heavy (non-hydrogen) atoms. The van der Waals surface area contributed by atoms with Crippen LogP contribution in [0.3, 0.4) is 0 Å². The Morgan fingerprint density at radius 3 is 2.19 bits per heavy atom. The zero-order chi connectivity index (χ0) is 19.0. The van der Waals surface area contributed by atoms with E-state index in [9.17, 15) is 13.2 Å². The molecule has 1 aromatic rings. The van der Waals surface area contributed by atoms with Gasteiger partial charge in [0.15, 0.2) is 5.82 Å². The monoisotopic (exact) mass is 393 g/mol. The van der Waals surface area contributed by atoms with Crippen molar-refractivity contribution in [3.63, 3.8) is 0 Å². The highest BCUT2D eigenvalue weighted by atomic mass is 32.2. The lowest BCUT2D eigenvalue weighted by atomic mass is 9.95. The van der Waals surface area contributed by atoms with Crippen LogP contribution < -0.4 is 4.90 Å². The van der Waals surface area contributed by atoms with E-state index in [1.165, 1.54) is 0 Å². The summed E-state index contributed by atoms with van der Waals surface area (Å²) in [4.78, 5) is 16.9. The molecule has 148 valence electrons. The number of amides is 1. The number of piperazine rings is 1. The number of aryl methyl sites for hydroxylation is 1. The fourth-order valence-corrected chi connectivity index (χ4v) is 5.74. The SMILES string of the molecule is Cc1ccc(N2CCC(C(=O)N3CCN(S(=O)(=O)C4CC4)CC3)CC2)nn1. The predicted molar refractivity (Wildman–Crippen MR) is 102 cm³/mol. The molecule has 2 saturated heterocycles. The van der Waals surface area contributed by atoms with E-state index in [0.717, 1.165) is 50.3 Å². The van der Waals surface area contributed by atoms with Gasteiger partial charge in [0, 0.05) is 45.2 Å². The third-order valence-electron chi connectivity index (χ3n) is 5.81. The van der Waals surface area contributed by atoms with Crippen LogP contribution in [0.25, 0.3) is 0 Å². The number of hydrogen-bond donors (Lipinski definition) is 0. The number of piperidine rings is 1. The Morgan fingerprint density at radius 1 is 0.963 bits per heavy atom. The molecule has 0 bridgehead atoms. The van der Waals surface area contributed by atoms with Gasteiger partial charge in [-0.1, -0.05) is 0 Å². The lowest BCUT2D eigenvalue weighted by Crippen LogP contribution is -2.53. The van der Waals surface area contributed by atoms with Gasteiger partial charge in [0.05, 0.1) is 10.9 Å². The number of rotatable bonds is 4. The van der Waals surface area contributed by atoms with E-state index < -0.39 is 10.0 Å². The van der Waals surface area contributed by atoms with Crippen LogP contribution >= 0.6 is 0 Å². The minimum atomic E-state index is -3.13. The first-order valence-corrected chi connectivity index (χ1v) is 11.3. The normalized spacial score (nSPS) is 22.9. The summed E-state index contributed by atoms with van der Waals surface area (Å²) in [6.45, 7) is 5.39. The predicted octanol–water partition coefficient (Wildman–Crippen LogP) is 0.638. The van der Waals surface area contributed by atoms with Crippen LogP contribution in [0.2, 0.25) is 0 Å². The fraction of sp³-hybridized carbons (Fsp3) is 0.722. The lowest BCUT2D eigenvalue weighted by molar-refractivity contribution is -0.137. The minimum Gasteiger partial charge on any atom is -0.355 e. The van der Waals surface area contributed by atoms with Crippen molar-refractivity contribution in [3.8, 4) is 0 Å². The Labute approximate surface area is 160 Å². The Kier molecular flexibility index (Phi) is 5.07. The molecule has 0 spiro atoms. The van der Waals surface area contributed by atoms with Gasteiger partial charge in [-0.05, 0) is 44.7 Å². The van der Waals surface area contributed by atoms with Crippen LogP contribution in [0.4, 0.5) is 5.82 Å².